The smallest absolute Gasteiger partial charge is 0.264 e. The van der Waals surface area contributed by atoms with E-state index in [-0.39, 0.29) is 29.5 Å². The summed E-state index contributed by atoms with van der Waals surface area (Å²) in [7, 11) is -4.17. The predicted octanol–water partition coefficient (Wildman–Crippen LogP) is 6.01. The summed E-state index contributed by atoms with van der Waals surface area (Å²) < 4.78 is 29.0. The molecule has 0 aromatic heterocycles. The summed E-state index contributed by atoms with van der Waals surface area (Å²) >= 11 is 6.27. The lowest BCUT2D eigenvalue weighted by Crippen LogP contribution is -2.53. The molecule has 0 heterocycles. The van der Waals surface area contributed by atoms with Gasteiger partial charge in [-0.1, -0.05) is 103 Å². The van der Waals surface area contributed by atoms with E-state index in [0.717, 1.165) is 27.4 Å². The van der Waals surface area contributed by atoms with Crippen LogP contribution in [-0.2, 0) is 32.6 Å². The fraction of sp³-hybridized carbons (Fsp3) is 0.235. The molecule has 224 valence electrons. The first-order valence-electron chi connectivity index (χ1n) is 14.2. The second-order valence-electron chi connectivity index (χ2n) is 10.3. The average molecular weight is 618 g/mol. The van der Waals surface area contributed by atoms with Crippen LogP contribution in [0.3, 0.4) is 0 Å². The Morgan fingerprint density at radius 3 is 2.14 bits per heavy atom. The monoisotopic (exact) mass is 617 g/mol. The minimum absolute atomic E-state index is 0.0366. The molecule has 0 spiro atoms. The van der Waals surface area contributed by atoms with E-state index in [1.807, 2.05) is 68.4 Å². The number of hydrogen-bond acceptors (Lipinski definition) is 4. The van der Waals surface area contributed by atoms with Gasteiger partial charge >= 0.3 is 0 Å². The van der Waals surface area contributed by atoms with E-state index >= 15 is 0 Å². The molecule has 9 heteroatoms. The SMILES string of the molecule is CCCNC(=O)[C@@H](Cc1ccccc1)N(Cc1cccc(C)c1)C(=O)CN(c1cccc(Cl)c1)S(=O)(=O)c1ccccc1. The fourth-order valence-corrected chi connectivity index (χ4v) is 6.42. The van der Waals surface area contributed by atoms with Crippen LogP contribution in [0.4, 0.5) is 5.69 Å². The number of benzene rings is 4. The first-order chi connectivity index (χ1) is 20.7. The summed E-state index contributed by atoms with van der Waals surface area (Å²) in [4.78, 5) is 29.6. The van der Waals surface area contributed by atoms with Crippen LogP contribution >= 0.6 is 11.6 Å². The molecule has 4 rings (SSSR count). The highest BCUT2D eigenvalue weighted by atomic mass is 35.5. The normalized spacial score (nSPS) is 11.9. The number of nitrogens with one attached hydrogen (secondary N) is 1. The van der Waals surface area contributed by atoms with E-state index in [1.54, 1.807) is 36.4 Å². The highest BCUT2D eigenvalue weighted by molar-refractivity contribution is 7.92. The van der Waals surface area contributed by atoms with E-state index in [9.17, 15) is 18.0 Å². The Kier molecular flexibility index (Phi) is 11.0. The zero-order valence-corrected chi connectivity index (χ0v) is 25.9. The van der Waals surface area contributed by atoms with Crippen molar-refractivity contribution >= 4 is 39.1 Å². The molecule has 43 heavy (non-hydrogen) atoms. The van der Waals surface area contributed by atoms with E-state index < -0.39 is 28.5 Å². The van der Waals surface area contributed by atoms with E-state index in [2.05, 4.69) is 5.32 Å². The average Bonchev–Trinajstić information content (AvgIpc) is 3.01. The first-order valence-corrected chi connectivity index (χ1v) is 16.0. The number of anilines is 1. The van der Waals surface area contributed by atoms with Crippen LogP contribution in [0.5, 0.6) is 0 Å². The topological polar surface area (TPSA) is 86.8 Å². The molecule has 1 atom stereocenters. The quantitative estimate of drug-likeness (QED) is 0.199. The van der Waals surface area contributed by atoms with Crippen molar-refractivity contribution in [1.82, 2.24) is 10.2 Å². The number of sulfonamides is 1. The van der Waals surface area contributed by atoms with Crippen molar-refractivity contribution in [2.45, 2.75) is 44.2 Å². The summed E-state index contributed by atoms with van der Waals surface area (Å²) in [6.45, 7) is 3.95. The number of hydrogen-bond donors (Lipinski definition) is 1. The van der Waals surface area contributed by atoms with Gasteiger partial charge in [-0.25, -0.2) is 8.42 Å². The van der Waals surface area contributed by atoms with Crippen LogP contribution in [0, 0.1) is 6.92 Å². The van der Waals surface area contributed by atoms with E-state index in [0.29, 0.717) is 11.6 Å². The molecular formula is C34H36ClN3O4S. The Balaban J connectivity index is 1.79. The Bertz CT molecular complexity index is 1630. The maximum atomic E-state index is 14.4. The third kappa shape index (κ3) is 8.46. The largest absolute Gasteiger partial charge is 0.354 e. The van der Waals surface area contributed by atoms with E-state index in [4.69, 9.17) is 11.6 Å². The number of halogens is 1. The highest BCUT2D eigenvalue weighted by Crippen LogP contribution is 2.27. The van der Waals surface area contributed by atoms with Crippen LogP contribution in [0.2, 0.25) is 5.02 Å². The van der Waals surface area contributed by atoms with Crippen molar-refractivity contribution in [2.24, 2.45) is 0 Å². The van der Waals surface area contributed by atoms with Crippen molar-refractivity contribution in [3.05, 3.63) is 131 Å². The van der Waals surface area contributed by atoms with Crippen molar-refractivity contribution in [3.8, 4) is 0 Å². The number of aryl methyl sites for hydroxylation is 1. The lowest BCUT2D eigenvalue weighted by molar-refractivity contribution is -0.140. The van der Waals surface area contributed by atoms with Crippen molar-refractivity contribution in [1.29, 1.82) is 0 Å². The number of nitrogens with zero attached hydrogens (tertiary/aromatic N) is 2. The lowest BCUT2D eigenvalue weighted by atomic mass is 10.0. The van der Waals surface area contributed by atoms with Crippen LogP contribution < -0.4 is 9.62 Å². The number of amides is 2. The van der Waals surface area contributed by atoms with Crippen LogP contribution in [0.25, 0.3) is 0 Å². The van der Waals surface area contributed by atoms with Crippen molar-refractivity contribution < 1.29 is 18.0 Å². The molecule has 0 radical (unpaired) electrons. The number of carbonyl (C=O) groups excluding carboxylic acids is 2. The van der Waals surface area contributed by atoms with Crippen LogP contribution in [0.1, 0.15) is 30.0 Å². The molecule has 0 fully saturated rings. The lowest BCUT2D eigenvalue weighted by Gasteiger charge is -2.34. The maximum absolute atomic E-state index is 14.4. The minimum atomic E-state index is -4.17. The van der Waals surface area contributed by atoms with Gasteiger partial charge in [0.05, 0.1) is 10.6 Å². The Morgan fingerprint density at radius 1 is 0.837 bits per heavy atom. The van der Waals surface area contributed by atoms with Crippen molar-refractivity contribution in [2.75, 3.05) is 17.4 Å². The third-order valence-corrected chi connectivity index (χ3v) is 8.99. The summed E-state index contributed by atoms with van der Waals surface area (Å²) in [6.07, 6.45) is 0.990. The van der Waals surface area contributed by atoms with Crippen LogP contribution in [0.15, 0.2) is 114 Å². The molecule has 0 unspecified atom stereocenters. The summed E-state index contributed by atoms with van der Waals surface area (Å²) in [5, 5.41) is 3.28. The second kappa shape index (κ2) is 14.8. The van der Waals surface area contributed by atoms with Gasteiger partial charge in [0.2, 0.25) is 11.8 Å². The van der Waals surface area contributed by atoms with Gasteiger partial charge in [-0.15, -0.1) is 0 Å². The number of carbonyl (C=O) groups is 2. The number of rotatable bonds is 13. The molecule has 1 N–H and O–H groups in total. The third-order valence-electron chi connectivity index (χ3n) is 6.96. The first kappa shape index (κ1) is 31.8. The Labute approximate surface area is 259 Å². The molecule has 0 aliphatic carbocycles. The van der Waals surface area contributed by atoms with Gasteiger partial charge in [-0.05, 0) is 54.8 Å². The molecule has 0 saturated carbocycles. The molecule has 0 aliphatic heterocycles. The Hall–Kier alpha value is -4.14. The molecular weight excluding hydrogens is 582 g/mol. The van der Waals surface area contributed by atoms with Gasteiger partial charge in [0.15, 0.2) is 0 Å². The van der Waals surface area contributed by atoms with Crippen LogP contribution in [-0.4, -0.2) is 44.3 Å². The summed E-state index contributed by atoms with van der Waals surface area (Å²) in [5.74, 6) is -0.819. The van der Waals surface area contributed by atoms with Crippen molar-refractivity contribution in [3.63, 3.8) is 0 Å². The van der Waals surface area contributed by atoms with E-state index in [1.165, 1.54) is 23.1 Å². The van der Waals surface area contributed by atoms with Gasteiger partial charge in [-0.3, -0.25) is 13.9 Å². The maximum Gasteiger partial charge on any atom is 0.264 e. The second-order valence-corrected chi connectivity index (χ2v) is 12.6. The molecule has 0 saturated heterocycles. The highest BCUT2D eigenvalue weighted by Gasteiger charge is 2.34. The zero-order valence-electron chi connectivity index (χ0n) is 24.3. The predicted molar refractivity (Wildman–Crippen MR) is 171 cm³/mol. The zero-order chi connectivity index (χ0) is 30.8. The van der Waals surface area contributed by atoms with Gasteiger partial charge in [0, 0.05) is 24.5 Å². The molecule has 0 aliphatic rings. The minimum Gasteiger partial charge on any atom is -0.354 e. The summed E-state index contributed by atoms with van der Waals surface area (Å²) in [6, 6.07) is 30.6. The summed E-state index contributed by atoms with van der Waals surface area (Å²) in [5.41, 5.74) is 2.96. The molecule has 7 nitrogen and oxygen atoms in total. The van der Waals surface area contributed by atoms with Gasteiger partial charge in [0.1, 0.15) is 12.6 Å². The fourth-order valence-electron chi connectivity index (χ4n) is 4.81. The van der Waals surface area contributed by atoms with Gasteiger partial charge in [0.25, 0.3) is 10.0 Å². The molecule has 4 aromatic carbocycles. The molecule has 0 bridgehead atoms. The molecule has 2 amide bonds. The van der Waals surface area contributed by atoms with Gasteiger partial charge in [-0.2, -0.15) is 0 Å². The Morgan fingerprint density at radius 2 is 1.49 bits per heavy atom. The molecule has 4 aromatic rings. The van der Waals surface area contributed by atoms with Gasteiger partial charge < -0.3 is 10.2 Å². The standard InChI is InChI=1S/C34H36ClN3O4S/c1-3-20-36-34(40)32(22-27-13-6-4-7-14-27)37(24-28-15-10-12-26(2)21-28)33(39)25-38(30-17-11-16-29(35)23-30)43(41,42)31-18-8-5-9-19-31/h4-19,21,23,32H,3,20,22,24-25H2,1-2H3,(H,36,40)/t32-/m1/s1.